The zero-order chi connectivity index (χ0) is 16.5. The van der Waals surface area contributed by atoms with Gasteiger partial charge in [0.05, 0.1) is 30.4 Å². The Morgan fingerprint density at radius 3 is 3.17 bits per heavy atom. The third-order valence-corrected chi connectivity index (χ3v) is 4.82. The summed E-state index contributed by atoms with van der Waals surface area (Å²) < 4.78 is 3.92. The fourth-order valence-electron chi connectivity index (χ4n) is 3.52. The van der Waals surface area contributed by atoms with Crippen molar-refractivity contribution in [3.8, 4) is 17.3 Å². The van der Waals surface area contributed by atoms with Crippen molar-refractivity contribution in [3.05, 3.63) is 31.0 Å². The normalized spacial score (nSPS) is 18.8. The van der Waals surface area contributed by atoms with E-state index in [9.17, 15) is 5.26 Å². The maximum Gasteiger partial charge on any atom is 0.143 e. The molecule has 1 aliphatic heterocycles. The number of nitrogens with one attached hydrogen (secondary N) is 1. The minimum atomic E-state index is 0.104. The van der Waals surface area contributed by atoms with E-state index in [4.69, 9.17) is 0 Å². The number of hydrogen-bond donors (Lipinski definition) is 1. The molecule has 4 heterocycles. The second-order valence-electron chi connectivity index (χ2n) is 6.28. The SMILES string of the molecule is Cn1ccc2c(-c3cnn(C(CC#N)C4CCNC4)c3)ncnc21. The number of aryl methyl sites for hydroxylation is 1. The van der Waals surface area contributed by atoms with Crippen LogP contribution in [0, 0.1) is 17.2 Å². The second kappa shape index (κ2) is 6.06. The van der Waals surface area contributed by atoms with E-state index in [1.807, 2.05) is 41.0 Å². The van der Waals surface area contributed by atoms with Crippen LogP contribution < -0.4 is 5.32 Å². The summed E-state index contributed by atoms with van der Waals surface area (Å²) >= 11 is 0. The minimum absolute atomic E-state index is 0.104. The Morgan fingerprint density at radius 2 is 2.38 bits per heavy atom. The molecule has 0 amide bonds. The molecule has 0 aliphatic carbocycles. The zero-order valence-electron chi connectivity index (χ0n) is 13.6. The van der Waals surface area contributed by atoms with E-state index < -0.39 is 0 Å². The van der Waals surface area contributed by atoms with Crippen LogP contribution in [-0.2, 0) is 7.05 Å². The van der Waals surface area contributed by atoms with Crippen LogP contribution in [0.25, 0.3) is 22.3 Å². The lowest BCUT2D eigenvalue weighted by atomic mass is 9.97. The summed E-state index contributed by atoms with van der Waals surface area (Å²) in [7, 11) is 1.97. The minimum Gasteiger partial charge on any atom is -0.335 e. The van der Waals surface area contributed by atoms with Crippen molar-refractivity contribution in [1.82, 2.24) is 29.6 Å². The predicted octanol–water partition coefficient (Wildman–Crippen LogP) is 1.90. The Bertz CT molecular complexity index is 895. The van der Waals surface area contributed by atoms with E-state index >= 15 is 0 Å². The molecule has 7 nitrogen and oxygen atoms in total. The Morgan fingerprint density at radius 1 is 1.46 bits per heavy atom. The Labute approximate surface area is 139 Å². The average molecular weight is 321 g/mol. The van der Waals surface area contributed by atoms with Gasteiger partial charge in [-0.1, -0.05) is 0 Å². The maximum absolute atomic E-state index is 9.19. The average Bonchev–Trinajstić information content (AvgIpc) is 3.34. The molecule has 3 aromatic rings. The highest BCUT2D eigenvalue weighted by molar-refractivity contribution is 5.90. The quantitative estimate of drug-likeness (QED) is 0.793. The summed E-state index contributed by atoms with van der Waals surface area (Å²) in [5.74, 6) is 0.444. The van der Waals surface area contributed by atoms with Gasteiger partial charge in [-0.05, 0) is 24.9 Å². The van der Waals surface area contributed by atoms with Gasteiger partial charge >= 0.3 is 0 Å². The van der Waals surface area contributed by atoms with Crippen molar-refractivity contribution in [1.29, 1.82) is 5.26 Å². The van der Waals surface area contributed by atoms with Gasteiger partial charge in [0, 0.05) is 36.9 Å². The largest absolute Gasteiger partial charge is 0.335 e. The Kier molecular flexibility index (Phi) is 3.75. The van der Waals surface area contributed by atoms with Gasteiger partial charge in [-0.3, -0.25) is 4.68 Å². The van der Waals surface area contributed by atoms with Crippen molar-refractivity contribution in [3.63, 3.8) is 0 Å². The van der Waals surface area contributed by atoms with Crippen molar-refractivity contribution in [2.75, 3.05) is 13.1 Å². The van der Waals surface area contributed by atoms with Gasteiger partial charge in [-0.2, -0.15) is 10.4 Å². The standard InChI is InChI=1S/C17H19N7/c1-23-7-4-14-16(20-11-21-17(14)23)13-9-22-24(10-13)15(2-5-18)12-3-6-19-8-12/h4,7,9-12,15,19H,2-3,6,8H2,1H3. The molecule has 122 valence electrons. The van der Waals surface area contributed by atoms with Crippen LogP contribution in [0.5, 0.6) is 0 Å². The molecular formula is C17H19N7. The lowest BCUT2D eigenvalue weighted by molar-refractivity contribution is 0.329. The van der Waals surface area contributed by atoms with Crippen molar-refractivity contribution in [2.24, 2.45) is 13.0 Å². The summed E-state index contributed by atoms with van der Waals surface area (Å²) in [5, 5.41) is 18.1. The maximum atomic E-state index is 9.19. The molecular weight excluding hydrogens is 302 g/mol. The van der Waals surface area contributed by atoms with Crippen molar-refractivity contribution < 1.29 is 0 Å². The number of hydrogen-bond acceptors (Lipinski definition) is 5. The summed E-state index contributed by atoms with van der Waals surface area (Å²) in [6, 6.07) is 4.43. The lowest BCUT2D eigenvalue weighted by Crippen LogP contribution is -2.22. The third kappa shape index (κ3) is 2.45. The highest BCUT2D eigenvalue weighted by Crippen LogP contribution is 2.30. The van der Waals surface area contributed by atoms with Gasteiger partial charge < -0.3 is 9.88 Å². The van der Waals surface area contributed by atoms with Gasteiger partial charge in [0.25, 0.3) is 0 Å². The van der Waals surface area contributed by atoms with E-state index in [2.05, 4.69) is 26.5 Å². The zero-order valence-corrected chi connectivity index (χ0v) is 13.6. The summed E-state index contributed by atoms with van der Waals surface area (Å²) in [5.41, 5.74) is 2.75. The molecule has 2 atom stereocenters. The van der Waals surface area contributed by atoms with Gasteiger partial charge in [-0.15, -0.1) is 0 Å². The third-order valence-electron chi connectivity index (χ3n) is 4.82. The Hall–Kier alpha value is -2.72. The van der Waals surface area contributed by atoms with Crippen LogP contribution >= 0.6 is 0 Å². The second-order valence-corrected chi connectivity index (χ2v) is 6.28. The van der Waals surface area contributed by atoms with Crippen LogP contribution in [0.15, 0.2) is 31.0 Å². The van der Waals surface area contributed by atoms with Crippen LogP contribution in [0.3, 0.4) is 0 Å². The van der Waals surface area contributed by atoms with Crippen LogP contribution in [0.1, 0.15) is 18.9 Å². The molecule has 0 aromatic carbocycles. The van der Waals surface area contributed by atoms with Crippen molar-refractivity contribution >= 4 is 11.0 Å². The number of aromatic nitrogens is 5. The molecule has 0 saturated carbocycles. The predicted molar refractivity (Wildman–Crippen MR) is 90.0 cm³/mol. The van der Waals surface area contributed by atoms with Crippen LogP contribution in [-0.4, -0.2) is 37.4 Å². The monoisotopic (exact) mass is 321 g/mol. The first-order valence-electron chi connectivity index (χ1n) is 8.16. The van der Waals surface area contributed by atoms with E-state index in [0.29, 0.717) is 12.3 Å². The molecule has 7 heteroatoms. The molecule has 0 spiro atoms. The highest BCUT2D eigenvalue weighted by Gasteiger charge is 2.27. The van der Waals surface area contributed by atoms with E-state index in [-0.39, 0.29) is 6.04 Å². The van der Waals surface area contributed by atoms with E-state index in [0.717, 1.165) is 41.8 Å². The van der Waals surface area contributed by atoms with E-state index in [1.54, 1.807) is 6.33 Å². The molecule has 24 heavy (non-hydrogen) atoms. The molecule has 3 aromatic heterocycles. The first-order valence-corrected chi connectivity index (χ1v) is 8.16. The van der Waals surface area contributed by atoms with Gasteiger partial charge in [0.1, 0.15) is 12.0 Å². The molecule has 0 radical (unpaired) electrons. The summed E-state index contributed by atoms with van der Waals surface area (Å²) in [4.78, 5) is 8.79. The number of nitrogens with zero attached hydrogens (tertiary/aromatic N) is 6. The van der Waals surface area contributed by atoms with E-state index in [1.165, 1.54) is 0 Å². The molecule has 2 unspecified atom stereocenters. The first kappa shape index (κ1) is 14.8. The number of fused-ring (bicyclic) bond motifs is 1. The number of rotatable bonds is 4. The van der Waals surface area contributed by atoms with Gasteiger partial charge in [-0.25, -0.2) is 9.97 Å². The molecule has 1 fully saturated rings. The van der Waals surface area contributed by atoms with Gasteiger partial charge in [0.2, 0.25) is 0 Å². The summed E-state index contributed by atoms with van der Waals surface area (Å²) in [6.07, 6.45) is 8.96. The molecule has 1 saturated heterocycles. The van der Waals surface area contributed by atoms with Crippen LogP contribution in [0.4, 0.5) is 0 Å². The molecule has 1 N–H and O–H groups in total. The van der Waals surface area contributed by atoms with Crippen LogP contribution in [0.2, 0.25) is 0 Å². The fraction of sp³-hybridized carbons (Fsp3) is 0.412. The Balaban J connectivity index is 1.72. The lowest BCUT2D eigenvalue weighted by Gasteiger charge is -2.20. The molecule has 4 rings (SSSR count). The molecule has 0 bridgehead atoms. The van der Waals surface area contributed by atoms with Crippen molar-refractivity contribution in [2.45, 2.75) is 18.9 Å². The fourth-order valence-corrected chi connectivity index (χ4v) is 3.52. The summed E-state index contributed by atoms with van der Waals surface area (Å²) in [6.45, 7) is 1.95. The molecule has 1 aliphatic rings. The highest BCUT2D eigenvalue weighted by atomic mass is 15.3. The topological polar surface area (TPSA) is 84.4 Å². The smallest absolute Gasteiger partial charge is 0.143 e. The van der Waals surface area contributed by atoms with Gasteiger partial charge in [0.15, 0.2) is 0 Å². The number of nitriles is 1. The first-order chi connectivity index (χ1) is 11.8.